The van der Waals surface area contributed by atoms with Crippen LogP contribution in [0.15, 0.2) is 23.9 Å². The largest absolute Gasteiger partial charge is 0.371 e. The van der Waals surface area contributed by atoms with Crippen molar-refractivity contribution in [3.63, 3.8) is 0 Å². The second-order valence-electron chi connectivity index (χ2n) is 4.92. The van der Waals surface area contributed by atoms with Gasteiger partial charge < -0.3 is 4.90 Å². The van der Waals surface area contributed by atoms with Crippen LogP contribution in [0.1, 0.15) is 34.1 Å². The number of hydrogen-bond donors (Lipinski definition) is 0. The molecule has 0 saturated heterocycles. The Labute approximate surface area is 82.1 Å². The van der Waals surface area contributed by atoms with Crippen LogP contribution in [0.4, 0.5) is 0 Å². The van der Waals surface area contributed by atoms with E-state index in [4.69, 9.17) is 0 Å². The molecule has 0 N–H and O–H groups in total. The molecule has 1 rings (SSSR count). The fraction of sp³-hybridized carbons (Fsp3) is 0.667. The second kappa shape index (κ2) is 3.57. The van der Waals surface area contributed by atoms with E-state index in [0.717, 1.165) is 13.1 Å². The summed E-state index contributed by atoms with van der Waals surface area (Å²) in [7, 11) is 0. The van der Waals surface area contributed by atoms with E-state index in [9.17, 15) is 0 Å². The van der Waals surface area contributed by atoms with Gasteiger partial charge in [0.1, 0.15) is 0 Å². The molecule has 0 aromatic heterocycles. The maximum absolute atomic E-state index is 3.99. The lowest BCUT2D eigenvalue weighted by Gasteiger charge is -2.35. The summed E-state index contributed by atoms with van der Waals surface area (Å²) in [5.41, 5.74) is 3.05. The van der Waals surface area contributed by atoms with Crippen molar-refractivity contribution >= 4 is 0 Å². The second-order valence-corrected chi connectivity index (χ2v) is 4.92. The van der Waals surface area contributed by atoms with Gasteiger partial charge in [-0.25, -0.2) is 0 Å². The molecule has 1 nitrogen and oxygen atoms in total. The number of allylic oxidation sites excluding steroid dienone is 1. The van der Waals surface area contributed by atoms with Crippen LogP contribution in [0, 0.1) is 5.41 Å². The SMILES string of the molecule is C=C(C)N1CCC=C(C(C)(C)C)C1. The van der Waals surface area contributed by atoms with Crippen molar-refractivity contribution in [2.24, 2.45) is 5.41 Å². The first-order valence-corrected chi connectivity index (χ1v) is 5.01. The van der Waals surface area contributed by atoms with Gasteiger partial charge >= 0.3 is 0 Å². The predicted molar refractivity (Wildman–Crippen MR) is 58.5 cm³/mol. The minimum Gasteiger partial charge on any atom is -0.371 e. The lowest BCUT2D eigenvalue weighted by atomic mass is 9.84. The third-order valence-electron chi connectivity index (χ3n) is 2.65. The number of nitrogens with zero attached hydrogens (tertiary/aromatic N) is 1. The van der Waals surface area contributed by atoms with Gasteiger partial charge in [0.25, 0.3) is 0 Å². The minimum atomic E-state index is 0.314. The van der Waals surface area contributed by atoms with Gasteiger partial charge in [0.15, 0.2) is 0 Å². The Balaban J connectivity index is 2.70. The molecule has 0 aromatic carbocycles. The fourth-order valence-electron chi connectivity index (χ4n) is 1.61. The molecule has 0 saturated carbocycles. The topological polar surface area (TPSA) is 3.24 Å². The van der Waals surface area contributed by atoms with E-state index in [1.807, 2.05) is 0 Å². The molecule has 1 heteroatoms. The molecule has 0 radical (unpaired) electrons. The van der Waals surface area contributed by atoms with Gasteiger partial charge in [-0.2, -0.15) is 0 Å². The van der Waals surface area contributed by atoms with Crippen LogP contribution >= 0.6 is 0 Å². The fourth-order valence-corrected chi connectivity index (χ4v) is 1.61. The van der Waals surface area contributed by atoms with Crippen molar-refractivity contribution in [2.75, 3.05) is 13.1 Å². The Kier molecular flexibility index (Phi) is 2.84. The van der Waals surface area contributed by atoms with Gasteiger partial charge in [0.05, 0.1) is 0 Å². The van der Waals surface area contributed by atoms with Crippen molar-refractivity contribution in [3.05, 3.63) is 23.9 Å². The van der Waals surface area contributed by atoms with Crippen LogP contribution in [-0.2, 0) is 0 Å². The summed E-state index contributed by atoms with van der Waals surface area (Å²) in [6.45, 7) is 15.1. The van der Waals surface area contributed by atoms with Gasteiger partial charge in [0.2, 0.25) is 0 Å². The molecule has 0 aliphatic carbocycles. The molecule has 74 valence electrons. The lowest BCUT2D eigenvalue weighted by Crippen LogP contribution is -2.32. The molecule has 1 aliphatic heterocycles. The van der Waals surface area contributed by atoms with Crippen LogP contribution in [0.25, 0.3) is 0 Å². The third-order valence-corrected chi connectivity index (χ3v) is 2.65. The van der Waals surface area contributed by atoms with Crippen LogP contribution in [0.5, 0.6) is 0 Å². The quantitative estimate of drug-likeness (QED) is 0.559. The zero-order valence-corrected chi connectivity index (χ0v) is 9.35. The summed E-state index contributed by atoms with van der Waals surface area (Å²) in [6, 6.07) is 0. The molecular formula is C12H21N. The van der Waals surface area contributed by atoms with Crippen molar-refractivity contribution in [1.82, 2.24) is 4.90 Å². The van der Waals surface area contributed by atoms with Crippen LogP contribution in [0.3, 0.4) is 0 Å². The molecule has 0 atom stereocenters. The predicted octanol–water partition coefficient (Wildman–Crippen LogP) is 3.20. The van der Waals surface area contributed by atoms with Gasteiger partial charge in [-0.05, 0) is 24.3 Å². The highest BCUT2D eigenvalue weighted by Crippen LogP contribution is 2.29. The van der Waals surface area contributed by atoms with E-state index in [-0.39, 0.29) is 0 Å². The van der Waals surface area contributed by atoms with Crippen molar-refractivity contribution in [1.29, 1.82) is 0 Å². The Hall–Kier alpha value is -0.720. The van der Waals surface area contributed by atoms with Crippen LogP contribution < -0.4 is 0 Å². The molecular weight excluding hydrogens is 158 g/mol. The summed E-state index contributed by atoms with van der Waals surface area (Å²) in [5, 5.41) is 0. The highest BCUT2D eigenvalue weighted by atomic mass is 15.1. The molecule has 0 spiro atoms. The van der Waals surface area contributed by atoms with Crippen molar-refractivity contribution in [2.45, 2.75) is 34.1 Å². The van der Waals surface area contributed by atoms with Crippen LogP contribution in [-0.4, -0.2) is 18.0 Å². The molecule has 0 amide bonds. The molecule has 0 bridgehead atoms. The number of hydrogen-bond acceptors (Lipinski definition) is 1. The minimum absolute atomic E-state index is 0.314. The lowest BCUT2D eigenvalue weighted by molar-refractivity contribution is 0.326. The standard InChI is InChI=1S/C12H21N/c1-10(2)13-8-6-7-11(9-13)12(3,4)5/h7H,1,6,8-9H2,2-5H3. The Morgan fingerprint density at radius 2 is 2.08 bits per heavy atom. The van der Waals surface area contributed by atoms with Gasteiger partial charge in [-0.3, -0.25) is 0 Å². The van der Waals surface area contributed by atoms with E-state index < -0.39 is 0 Å². The zero-order valence-electron chi connectivity index (χ0n) is 9.35. The van der Waals surface area contributed by atoms with E-state index in [0.29, 0.717) is 5.41 Å². The normalized spacial score (nSPS) is 18.5. The zero-order chi connectivity index (χ0) is 10.1. The highest BCUT2D eigenvalue weighted by molar-refractivity contribution is 5.17. The molecule has 0 fully saturated rings. The van der Waals surface area contributed by atoms with Crippen molar-refractivity contribution < 1.29 is 0 Å². The van der Waals surface area contributed by atoms with E-state index in [1.165, 1.54) is 12.1 Å². The molecule has 13 heavy (non-hydrogen) atoms. The average Bonchev–Trinajstić information content (AvgIpc) is 2.03. The summed E-state index contributed by atoms with van der Waals surface area (Å²) in [5.74, 6) is 0. The maximum atomic E-state index is 3.99. The Bertz CT molecular complexity index is 230. The van der Waals surface area contributed by atoms with Gasteiger partial charge in [-0.15, -0.1) is 0 Å². The summed E-state index contributed by atoms with van der Waals surface area (Å²) >= 11 is 0. The maximum Gasteiger partial charge on any atom is 0.0390 e. The third kappa shape index (κ3) is 2.61. The number of rotatable bonds is 1. The van der Waals surface area contributed by atoms with Gasteiger partial charge in [-0.1, -0.05) is 33.4 Å². The molecule has 1 heterocycles. The summed E-state index contributed by atoms with van der Waals surface area (Å²) in [4.78, 5) is 2.36. The Morgan fingerprint density at radius 1 is 1.46 bits per heavy atom. The smallest absolute Gasteiger partial charge is 0.0390 e. The first-order chi connectivity index (χ1) is 5.91. The van der Waals surface area contributed by atoms with E-state index in [2.05, 4.69) is 45.2 Å². The highest BCUT2D eigenvalue weighted by Gasteiger charge is 2.21. The van der Waals surface area contributed by atoms with E-state index in [1.54, 1.807) is 5.57 Å². The monoisotopic (exact) mass is 179 g/mol. The molecule has 1 aliphatic rings. The first kappa shape index (κ1) is 10.4. The van der Waals surface area contributed by atoms with Gasteiger partial charge in [0, 0.05) is 18.8 Å². The van der Waals surface area contributed by atoms with Crippen molar-refractivity contribution in [3.8, 4) is 0 Å². The Morgan fingerprint density at radius 3 is 2.54 bits per heavy atom. The summed E-state index contributed by atoms with van der Waals surface area (Å²) in [6.07, 6.45) is 3.55. The first-order valence-electron chi connectivity index (χ1n) is 5.01. The van der Waals surface area contributed by atoms with Crippen LogP contribution in [0.2, 0.25) is 0 Å². The summed E-state index contributed by atoms with van der Waals surface area (Å²) < 4.78 is 0. The van der Waals surface area contributed by atoms with E-state index >= 15 is 0 Å². The average molecular weight is 179 g/mol. The molecule has 0 unspecified atom stereocenters. The molecule has 0 aromatic rings.